The van der Waals surface area contributed by atoms with Gasteiger partial charge in [-0.3, -0.25) is 14.4 Å². The number of rotatable bonds is 6. The zero-order chi connectivity index (χ0) is 24.9. The van der Waals surface area contributed by atoms with Gasteiger partial charge < -0.3 is 24.6 Å². The number of nitrogens with zero attached hydrogens (tertiary/aromatic N) is 2. The van der Waals surface area contributed by atoms with Crippen LogP contribution in [0.1, 0.15) is 53.6 Å². The van der Waals surface area contributed by atoms with Gasteiger partial charge in [-0.05, 0) is 17.9 Å². The molecule has 2 aromatic rings. The van der Waals surface area contributed by atoms with Crippen molar-refractivity contribution in [2.45, 2.75) is 52.0 Å². The van der Waals surface area contributed by atoms with Crippen LogP contribution in [0, 0.1) is 23.5 Å². The van der Waals surface area contributed by atoms with Gasteiger partial charge in [-0.25, -0.2) is 8.78 Å². The molecular formula is C24H27F2N3O5. The van der Waals surface area contributed by atoms with E-state index in [1.807, 2.05) is 6.92 Å². The van der Waals surface area contributed by atoms with Gasteiger partial charge >= 0.3 is 0 Å². The Labute approximate surface area is 195 Å². The zero-order valence-corrected chi connectivity index (χ0v) is 19.4. The molecule has 34 heavy (non-hydrogen) atoms. The van der Waals surface area contributed by atoms with Crippen LogP contribution >= 0.6 is 0 Å². The molecule has 2 amide bonds. The number of carbonyl (C=O) groups is 2. The van der Waals surface area contributed by atoms with Crippen molar-refractivity contribution in [3.8, 4) is 5.75 Å². The third-order valence-corrected chi connectivity index (χ3v) is 7.13. The zero-order valence-electron chi connectivity index (χ0n) is 19.4. The molecule has 0 saturated carbocycles. The van der Waals surface area contributed by atoms with Crippen LogP contribution in [0.25, 0.3) is 0 Å². The van der Waals surface area contributed by atoms with Crippen LogP contribution in [0.2, 0.25) is 0 Å². The van der Waals surface area contributed by atoms with E-state index in [9.17, 15) is 28.3 Å². The molecule has 3 heterocycles. The lowest BCUT2D eigenvalue weighted by molar-refractivity contribution is -0.234. The topological polar surface area (TPSA) is 101 Å². The SMILES string of the molecule is COC12CC([C@@H](C)C(C)C)N1C(=O)c1c(O)c(=O)c(C(=O)NCc3ccc(F)cc3F)cn1C2. The lowest BCUT2D eigenvalue weighted by atomic mass is 9.75. The Balaban J connectivity index is 1.65. The second-order valence-corrected chi connectivity index (χ2v) is 9.32. The van der Waals surface area contributed by atoms with E-state index in [1.165, 1.54) is 23.9 Å². The summed E-state index contributed by atoms with van der Waals surface area (Å²) in [6.07, 6.45) is 1.79. The molecule has 2 aliphatic heterocycles. The minimum atomic E-state index is -1.00. The van der Waals surface area contributed by atoms with E-state index in [1.54, 1.807) is 4.90 Å². The average Bonchev–Trinajstić information content (AvgIpc) is 2.76. The predicted molar refractivity (Wildman–Crippen MR) is 118 cm³/mol. The van der Waals surface area contributed by atoms with Crippen LogP contribution in [-0.2, 0) is 17.8 Å². The molecule has 2 N–H and O–H groups in total. The molecule has 1 fully saturated rings. The normalized spacial score (nSPS) is 22.1. The molecule has 2 unspecified atom stereocenters. The van der Waals surface area contributed by atoms with Crippen molar-refractivity contribution < 1.29 is 28.2 Å². The number of carbonyl (C=O) groups excluding carboxylic acids is 2. The van der Waals surface area contributed by atoms with E-state index < -0.39 is 45.9 Å². The average molecular weight is 475 g/mol. The summed E-state index contributed by atoms with van der Waals surface area (Å²) in [4.78, 5) is 40.4. The highest BCUT2D eigenvalue weighted by atomic mass is 19.1. The van der Waals surface area contributed by atoms with Gasteiger partial charge in [0.05, 0.1) is 6.54 Å². The Morgan fingerprint density at radius 1 is 1.29 bits per heavy atom. The maximum absolute atomic E-state index is 13.9. The van der Waals surface area contributed by atoms with E-state index in [0.717, 1.165) is 6.07 Å². The standard InChI is InChI=1S/C24H27F2N3O5/c1-12(2)13(3)18-8-24(34-4)11-28-10-16(20(30)21(31)19(28)23(33)29(18)24)22(32)27-9-14-5-6-15(25)7-17(14)26/h5-7,10,12-13,18,31H,8-9,11H2,1-4H3,(H,27,32)/t13-,18?,24?/m0/s1. The smallest absolute Gasteiger partial charge is 0.277 e. The van der Waals surface area contributed by atoms with Crippen molar-refractivity contribution in [3.63, 3.8) is 0 Å². The molecule has 3 atom stereocenters. The molecule has 2 aliphatic rings. The van der Waals surface area contributed by atoms with Gasteiger partial charge in [-0.15, -0.1) is 0 Å². The number of hydrogen-bond acceptors (Lipinski definition) is 5. The summed E-state index contributed by atoms with van der Waals surface area (Å²) in [7, 11) is 1.49. The van der Waals surface area contributed by atoms with Gasteiger partial charge in [0.15, 0.2) is 17.2 Å². The van der Waals surface area contributed by atoms with E-state index in [4.69, 9.17) is 4.74 Å². The minimum absolute atomic E-state index is 0.0287. The summed E-state index contributed by atoms with van der Waals surface area (Å²) in [5.74, 6) is -3.33. The molecular weight excluding hydrogens is 448 g/mol. The van der Waals surface area contributed by atoms with Crippen molar-refractivity contribution in [1.29, 1.82) is 0 Å². The first-order chi connectivity index (χ1) is 16.0. The molecule has 10 heteroatoms. The number of amides is 2. The molecule has 182 valence electrons. The number of nitrogens with one attached hydrogen (secondary N) is 1. The molecule has 0 bridgehead atoms. The summed E-state index contributed by atoms with van der Waals surface area (Å²) in [6.45, 7) is 6.00. The van der Waals surface area contributed by atoms with Crippen molar-refractivity contribution in [2.75, 3.05) is 7.11 Å². The number of benzene rings is 1. The van der Waals surface area contributed by atoms with Crippen molar-refractivity contribution in [1.82, 2.24) is 14.8 Å². The monoisotopic (exact) mass is 475 g/mol. The van der Waals surface area contributed by atoms with Crippen LogP contribution in [-0.4, -0.2) is 45.3 Å². The Kier molecular flexibility index (Phi) is 5.97. The van der Waals surface area contributed by atoms with Gasteiger partial charge in [0, 0.05) is 43.9 Å². The molecule has 1 aromatic carbocycles. The van der Waals surface area contributed by atoms with Crippen LogP contribution in [0.15, 0.2) is 29.2 Å². The van der Waals surface area contributed by atoms with E-state index in [-0.39, 0.29) is 36.3 Å². The second-order valence-electron chi connectivity index (χ2n) is 9.32. The summed E-state index contributed by atoms with van der Waals surface area (Å²) >= 11 is 0. The third-order valence-electron chi connectivity index (χ3n) is 7.13. The first-order valence-corrected chi connectivity index (χ1v) is 11.1. The third kappa shape index (κ3) is 3.66. The first-order valence-electron chi connectivity index (χ1n) is 11.1. The Hall–Kier alpha value is -3.27. The number of hydrogen-bond donors (Lipinski definition) is 2. The lowest BCUT2D eigenvalue weighted by Crippen LogP contribution is -2.74. The minimum Gasteiger partial charge on any atom is -0.503 e. The Morgan fingerprint density at radius 3 is 2.62 bits per heavy atom. The Morgan fingerprint density at radius 2 is 2.00 bits per heavy atom. The highest BCUT2D eigenvalue weighted by molar-refractivity contribution is 6.00. The predicted octanol–water partition coefficient (Wildman–Crippen LogP) is 2.62. The van der Waals surface area contributed by atoms with Crippen LogP contribution in [0.3, 0.4) is 0 Å². The van der Waals surface area contributed by atoms with Crippen LogP contribution < -0.4 is 10.7 Å². The summed E-state index contributed by atoms with van der Waals surface area (Å²) in [5.41, 5.74) is -2.51. The number of methoxy groups -OCH3 is 1. The fraction of sp³-hybridized carbons (Fsp3) is 0.458. The largest absolute Gasteiger partial charge is 0.503 e. The number of halogens is 2. The molecule has 0 aliphatic carbocycles. The first kappa shape index (κ1) is 23.9. The van der Waals surface area contributed by atoms with Gasteiger partial charge in [0.25, 0.3) is 11.8 Å². The molecule has 1 aromatic heterocycles. The number of fused-ring (bicyclic) bond motifs is 2. The van der Waals surface area contributed by atoms with Gasteiger partial charge in [0.2, 0.25) is 5.43 Å². The number of pyridine rings is 1. The number of aromatic hydroxyl groups is 1. The summed E-state index contributed by atoms with van der Waals surface area (Å²) < 4.78 is 34.0. The maximum Gasteiger partial charge on any atom is 0.277 e. The molecule has 8 nitrogen and oxygen atoms in total. The molecule has 0 radical (unpaired) electrons. The van der Waals surface area contributed by atoms with E-state index >= 15 is 0 Å². The van der Waals surface area contributed by atoms with Crippen LogP contribution in [0.5, 0.6) is 5.75 Å². The van der Waals surface area contributed by atoms with Gasteiger partial charge in [-0.2, -0.15) is 0 Å². The summed E-state index contributed by atoms with van der Waals surface area (Å²) in [5, 5.41) is 13.0. The highest BCUT2D eigenvalue weighted by Crippen LogP contribution is 2.47. The second kappa shape index (κ2) is 8.50. The number of ether oxygens (including phenoxy) is 1. The highest BCUT2D eigenvalue weighted by Gasteiger charge is 2.60. The van der Waals surface area contributed by atoms with Crippen LogP contribution in [0.4, 0.5) is 8.78 Å². The Bertz CT molecular complexity index is 1230. The fourth-order valence-electron chi connectivity index (χ4n) is 4.77. The lowest BCUT2D eigenvalue weighted by Gasteiger charge is -2.61. The quantitative estimate of drug-likeness (QED) is 0.669. The molecule has 4 rings (SSSR count). The molecule has 0 spiro atoms. The maximum atomic E-state index is 13.9. The van der Waals surface area contributed by atoms with Crippen molar-refractivity contribution >= 4 is 11.8 Å². The van der Waals surface area contributed by atoms with Gasteiger partial charge in [-0.1, -0.05) is 26.8 Å². The van der Waals surface area contributed by atoms with Crippen molar-refractivity contribution in [3.05, 3.63) is 63.1 Å². The van der Waals surface area contributed by atoms with Gasteiger partial charge in [0.1, 0.15) is 17.2 Å². The van der Waals surface area contributed by atoms with E-state index in [2.05, 4.69) is 19.2 Å². The van der Waals surface area contributed by atoms with Crippen molar-refractivity contribution in [2.24, 2.45) is 11.8 Å². The summed E-state index contributed by atoms with van der Waals surface area (Å²) in [6, 6.07) is 2.82. The molecule has 1 saturated heterocycles. The fourth-order valence-corrected chi connectivity index (χ4v) is 4.77. The van der Waals surface area contributed by atoms with E-state index in [0.29, 0.717) is 18.4 Å². The number of aromatic nitrogens is 1.